The monoisotopic (exact) mass is 1570 g/mol. The van der Waals surface area contributed by atoms with E-state index in [1.165, 1.54) is 68.9 Å². The first kappa shape index (κ1) is 75.3. The second kappa shape index (κ2) is 30.4. The van der Waals surface area contributed by atoms with Crippen molar-refractivity contribution in [1.82, 2.24) is 108 Å². The molecule has 49 heteroatoms. The first-order chi connectivity index (χ1) is 51.7. The van der Waals surface area contributed by atoms with E-state index in [1.807, 2.05) is 0 Å². The van der Waals surface area contributed by atoms with E-state index in [9.17, 15) is 65.4 Å². The lowest BCUT2D eigenvalue weighted by molar-refractivity contribution is -0.202. The van der Waals surface area contributed by atoms with Gasteiger partial charge in [-0.15, -0.1) is 6.42 Å². The van der Waals surface area contributed by atoms with Crippen LogP contribution in [0.2, 0.25) is 0 Å². The molecule has 0 spiro atoms. The third kappa shape index (κ3) is 13.8. The number of hydrogen-bond donors (Lipinski definition) is 18. The molecular weight excluding hydrogens is 1500 g/mol. The minimum Gasteiger partial charge on any atom is -0.479 e. The molecule has 570 valence electrons. The number of carboxylic acids is 1. The van der Waals surface area contributed by atoms with Crippen LogP contribution in [0.3, 0.4) is 0 Å². The highest BCUT2D eigenvalue weighted by atomic mass is 79.9. The van der Waals surface area contributed by atoms with Crippen molar-refractivity contribution in [2.45, 2.75) is 142 Å². The van der Waals surface area contributed by atoms with E-state index in [0.717, 1.165) is 0 Å². The van der Waals surface area contributed by atoms with Crippen LogP contribution < -0.4 is 39.3 Å². The molecule has 0 saturated carbocycles. The number of ether oxygens (including phenoxy) is 7. The third-order valence-corrected chi connectivity index (χ3v) is 18.2. The molecule has 0 aliphatic carbocycles. The summed E-state index contributed by atoms with van der Waals surface area (Å²) in [6, 6.07) is 0. The summed E-state index contributed by atoms with van der Waals surface area (Å²) >= 11 is 3.24. The summed E-state index contributed by atoms with van der Waals surface area (Å²) in [5.74, 6) is 5.06. The lowest BCUT2D eigenvalue weighted by Gasteiger charge is -2.23. The van der Waals surface area contributed by atoms with E-state index < -0.39 is 159 Å². The average molecular weight is 1570 g/mol. The number of aliphatic hydroxyl groups is 10. The number of aromatic nitrogens is 20. The van der Waals surface area contributed by atoms with E-state index in [-0.39, 0.29) is 70.3 Å². The van der Waals surface area contributed by atoms with Gasteiger partial charge in [-0.25, -0.2) is 79.6 Å². The number of halogens is 1. The second-order valence-electron chi connectivity index (χ2n) is 24.8. The lowest BCUT2D eigenvalue weighted by Crippen LogP contribution is -2.42. The van der Waals surface area contributed by atoms with Gasteiger partial charge in [0.05, 0.1) is 45.3 Å². The normalized spacial score (nSPS) is 29.6. The van der Waals surface area contributed by atoms with Gasteiger partial charge in [0.2, 0.25) is 0 Å². The number of aliphatic hydroxyl groups excluding tert-OH is 10. The number of rotatable bonds is 12. The Morgan fingerprint density at radius 1 is 0.481 bits per heavy atom. The summed E-state index contributed by atoms with van der Waals surface area (Å²) < 4.78 is 46.8. The van der Waals surface area contributed by atoms with Crippen LogP contribution in [0.1, 0.15) is 50.8 Å². The molecule has 0 bridgehead atoms. The molecule has 6 saturated heterocycles. The number of carbonyl (C=O) groups excluding carboxylic acids is 2. The largest absolute Gasteiger partial charge is 0.479 e. The van der Waals surface area contributed by atoms with Crippen molar-refractivity contribution in [2.75, 3.05) is 55.0 Å². The van der Waals surface area contributed by atoms with Crippen molar-refractivity contribution >= 4 is 119 Å². The highest BCUT2D eigenvalue weighted by molar-refractivity contribution is 9.10. The van der Waals surface area contributed by atoms with Crippen LogP contribution in [-0.4, -0.2) is 295 Å². The van der Waals surface area contributed by atoms with Gasteiger partial charge in [0.1, 0.15) is 121 Å². The van der Waals surface area contributed by atoms with E-state index in [1.54, 1.807) is 18.4 Å². The maximum Gasteiger partial charge on any atom is 0.335 e. The zero-order valence-electron chi connectivity index (χ0n) is 55.8. The standard InChI is InChI=1S/C23H25N11O8.C13H14N6O4.C13H15N5O5.C10H12BrN5O4/c24-17-10-19(29-5-27-17)33(7-31-10)22-15(39)13(37)16(42-22)21(40)26-3-1-2-9-32-11-18(25)28-6-30-20(11)34(9)23-14(38)12(36)8(4-35)41-23;1-2-3-15-12(22)9-7(20)8(21)13(23-9)19-5-18-6-10(14)16-4-17-11(6)19;1-13(2)22-6-7(23-13)11(21-8(6)12(19)20)18-4-17-5-9(14)15-3-16-10(5)18;11-10-15-4-7(12)13-2-14-8(4)16(10)9-6(19)5(18)3(1-17)20-9/h5-8,12-16,22-23,35-39H,3-4H2,(H,26,40)(H2,24,27,29)(H2,25,28,30);1,4-5,7-9,13,20-21H,3H2,(H,15,22)(H2,14,16,17);3-4,6-8,11H,1-2H3,(H,19,20)(H2,14,15,16);2-3,5-6,9,17-19H,1H2,(H2,12,13,14)/t8-,12?,13?,14+,15+,16+,22-,23-;7?,8-,9-,13+;6?,7-,8-,11+;3-,5?,6+,9-/m1001/s1. The summed E-state index contributed by atoms with van der Waals surface area (Å²) in [6.07, 6.45) is -7.97. The summed E-state index contributed by atoms with van der Waals surface area (Å²) in [5, 5.41) is 115. The third-order valence-electron chi connectivity index (χ3n) is 17.7. The molecule has 10 aromatic rings. The average Bonchev–Trinajstić information content (AvgIpc) is 1.60. The molecule has 6 fully saturated rings. The quantitative estimate of drug-likeness (QED) is 0.0399. The fourth-order valence-corrected chi connectivity index (χ4v) is 13.1. The zero-order chi connectivity index (χ0) is 77.1. The Kier molecular flexibility index (Phi) is 21.2. The highest BCUT2D eigenvalue weighted by Gasteiger charge is 2.59. The number of imidazole rings is 5. The number of terminal acetylenes is 1. The fraction of sp³-hybridized carbons (Fsp3) is 0.458. The molecule has 5 unspecified atom stereocenters. The topological polar surface area (TPSA) is 711 Å². The number of aliphatic carboxylic acids is 1. The molecule has 6 aliphatic heterocycles. The SMILES string of the molecule is C#CCNC(=O)[C@H]1O[C@@H](n2cnc3c(N)ncnc32)[C@@H](O)C1O.CC1(C)OC2[C@@H](C(=O)O)O[C@@H](n3cnc4c(N)ncnc43)[C@H]2O1.Nc1ncnc2c1nc(Br)n2[C@@H]1O[C@H](CO)C(O)[C@@H]1O.Nc1ncnc2c1ncn2[C@@H]1O[C@H](C(=O)NCC#Cc2nc3c(N)ncnc3n2[C@@H]2O[C@H](CO)C(O)[C@@H]2O)C(O)[C@@H]1O. The van der Waals surface area contributed by atoms with Gasteiger partial charge in [-0.3, -0.25) is 32.4 Å². The molecule has 48 nitrogen and oxygen atoms in total. The summed E-state index contributed by atoms with van der Waals surface area (Å²) in [5.41, 5.74) is 32.0. The van der Waals surface area contributed by atoms with Crippen molar-refractivity contribution in [1.29, 1.82) is 0 Å². The van der Waals surface area contributed by atoms with Gasteiger partial charge in [-0.05, 0) is 35.7 Å². The number of carboxylic acid groups (broad SMARTS) is 1. The Balaban J connectivity index is 0.000000134. The fourth-order valence-electron chi connectivity index (χ4n) is 12.5. The van der Waals surface area contributed by atoms with Gasteiger partial charge in [0.25, 0.3) is 11.8 Å². The highest BCUT2D eigenvalue weighted by Crippen LogP contribution is 2.45. The first-order valence-electron chi connectivity index (χ1n) is 32.1. The number of nitrogens with two attached hydrogens (primary N) is 5. The van der Waals surface area contributed by atoms with Crippen LogP contribution in [0.15, 0.2) is 55.4 Å². The van der Waals surface area contributed by atoms with Crippen molar-refractivity contribution in [3.05, 3.63) is 61.2 Å². The number of nitrogens with zero attached hydrogens (tertiary/aromatic N) is 20. The maximum absolute atomic E-state index is 12.8. The smallest absolute Gasteiger partial charge is 0.335 e. The Morgan fingerprint density at radius 3 is 1.30 bits per heavy atom. The van der Waals surface area contributed by atoms with Gasteiger partial charge in [0.15, 0.2) is 134 Å². The van der Waals surface area contributed by atoms with Crippen LogP contribution in [-0.2, 0) is 47.5 Å². The molecule has 20 atom stereocenters. The molecule has 2 amide bonds. The van der Waals surface area contributed by atoms with Crippen molar-refractivity contribution in [2.24, 2.45) is 0 Å². The van der Waals surface area contributed by atoms with E-state index >= 15 is 0 Å². The predicted molar refractivity (Wildman–Crippen MR) is 361 cm³/mol. The Hall–Kier alpha value is -10.9. The maximum atomic E-state index is 12.8. The number of nitrogens with one attached hydrogen (secondary N) is 2. The number of anilines is 5. The number of carbonyl (C=O) groups is 3. The van der Waals surface area contributed by atoms with Crippen LogP contribution in [0, 0.1) is 24.2 Å². The van der Waals surface area contributed by atoms with E-state index in [2.05, 4.69) is 119 Å². The Bertz CT molecular complexity index is 5150. The van der Waals surface area contributed by atoms with Gasteiger partial charge in [-0.1, -0.05) is 11.8 Å². The molecule has 6 aliphatic rings. The lowest BCUT2D eigenvalue weighted by atomic mass is 10.1. The molecule has 10 aromatic heterocycles. The number of amides is 2. The van der Waals surface area contributed by atoms with Gasteiger partial charge in [0, 0.05) is 0 Å². The summed E-state index contributed by atoms with van der Waals surface area (Å²) in [7, 11) is 0. The van der Waals surface area contributed by atoms with Crippen molar-refractivity contribution < 1.29 is 104 Å². The van der Waals surface area contributed by atoms with Gasteiger partial charge >= 0.3 is 5.97 Å². The second-order valence-corrected chi connectivity index (χ2v) is 25.5. The number of nitrogen functional groups attached to an aromatic ring is 5. The minimum atomic E-state index is -1.59. The molecule has 23 N–H and O–H groups in total. The predicted octanol–water partition coefficient (Wildman–Crippen LogP) is -8.00. The van der Waals surface area contributed by atoms with Crippen molar-refractivity contribution in [3.8, 4) is 24.2 Å². The summed E-state index contributed by atoms with van der Waals surface area (Å²) in [6.45, 7) is 2.25. The van der Waals surface area contributed by atoms with Gasteiger partial charge in [-0.2, -0.15) is 0 Å². The van der Waals surface area contributed by atoms with Crippen molar-refractivity contribution in [3.63, 3.8) is 0 Å². The van der Waals surface area contributed by atoms with Crippen LogP contribution in [0.5, 0.6) is 0 Å². The zero-order valence-corrected chi connectivity index (χ0v) is 57.4. The number of fused-ring (bicyclic) bond motifs is 6. The van der Waals surface area contributed by atoms with Crippen LogP contribution in [0.25, 0.3) is 55.8 Å². The molecular formula is C59H66BrN27O21. The molecule has 0 radical (unpaired) electrons. The number of hydrogen-bond acceptors (Lipinski definition) is 40. The Morgan fingerprint density at radius 2 is 0.861 bits per heavy atom. The minimum absolute atomic E-state index is 0.00998. The summed E-state index contributed by atoms with van der Waals surface area (Å²) in [4.78, 5) is 96.8. The molecule has 108 heavy (non-hydrogen) atoms. The Labute approximate surface area is 611 Å². The van der Waals surface area contributed by atoms with E-state index in [4.69, 9.17) is 73.4 Å². The molecule has 16 heterocycles. The van der Waals surface area contributed by atoms with Gasteiger partial charge < -0.3 is 129 Å². The molecule has 0 aromatic carbocycles. The van der Waals surface area contributed by atoms with Crippen LogP contribution in [0.4, 0.5) is 29.1 Å². The van der Waals surface area contributed by atoms with E-state index in [0.29, 0.717) is 38.2 Å². The van der Waals surface area contributed by atoms with Crippen LogP contribution >= 0.6 is 15.9 Å². The molecule has 16 rings (SSSR count). The first-order valence-corrected chi connectivity index (χ1v) is 32.9.